The van der Waals surface area contributed by atoms with Gasteiger partial charge in [0.2, 0.25) is 0 Å². The molecule has 1 unspecified atom stereocenters. The molecule has 0 saturated carbocycles. The van der Waals surface area contributed by atoms with Crippen LogP contribution in [0.3, 0.4) is 0 Å². The highest BCUT2D eigenvalue weighted by atomic mass is 32.1. The first-order chi connectivity index (χ1) is 7.75. The van der Waals surface area contributed by atoms with Crippen LogP contribution < -0.4 is 5.73 Å². The van der Waals surface area contributed by atoms with Gasteiger partial charge in [-0.1, -0.05) is 18.1 Å². The summed E-state index contributed by atoms with van der Waals surface area (Å²) in [5.74, 6) is 0. The largest absolute Gasteiger partial charge is 0.324 e. The Morgan fingerprint density at radius 1 is 1.44 bits per heavy atom. The van der Waals surface area contributed by atoms with E-state index in [1.807, 2.05) is 6.92 Å². The van der Waals surface area contributed by atoms with Gasteiger partial charge in [-0.2, -0.15) is 0 Å². The van der Waals surface area contributed by atoms with Crippen LogP contribution in [0, 0.1) is 6.92 Å². The highest BCUT2D eigenvalue weighted by molar-refractivity contribution is 7.09. The molecule has 0 amide bonds. The molecule has 1 aliphatic rings. The maximum Gasteiger partial charge on any atom is 0.0946 e. The van der Waals surface area contributed by atoms with Crippen molar-refractivity contribution in [1.29, 1.82) is 0 Å². The van der Waals surface area contributed by atoms with Gasteiger partial charge in [-0.3, -0.25) is 0 Å². The van der Waals surface area contributed by atoms with Crippen molar-refractivity contribution >= 4 is 11.3 Å². The van der Waals surface area contributed by atoms with Gasteiger partial charge in [0, 0.05) is 23.5 Å². The van der Waals surface area contributed by atoms with E-state index < -0.39 is 0 Å². The molecule has 0 aliphatic heterocycles. The number of rotatable bonds is 3. The molecule has 0 radical (unpaired) electrons. The normalized spacial score (nSPS) is 19.0. The van der Waals surface area contributed by atoms with E-state index in [4.69, 9.17) is 5.73 Å². The summed E-state index contributed by atoms with van der Waals surface area (Å²) in [6, 6.07) is 0.184. The van der Waals surface area contributed by atoms with Crippen LogP contribution in [0.1, 0.15) is 42.8 Å². The number of aromatic nitrogens is 1. The van der Waals surface area contributed by atoms with Crippen molar-refractivity contribution in [1.82, 2.24) is 4.98 Å². The molecule has 1 atom stereocenters. The van der Waals surface area contributed by atoms with Gasteiger partial charge < -0.3 is 5.73 Å². The van der Waals surface area contributed by atoms with E-state index in [-0.39, 0.29) is 6.04 Å². The third-order valence-corrected chi connectivity index (χ3v) is 4.10. The van der Waals surface area contributed by atoms with Crippen LogP contribution in [0.15, 0.2) is 17.0 Å². The standard InChI is InChI=1S/C13H20N2S/c1-10-9-16-13(15-10)8-12(14)11-6-4-2-3-5-7-11/h6,9,12H,2-5,7-8,14H2,1H3. The fourth-order valence-corrected chi connectivity index (χ4v) is 3.02. The molecule has 2 rings (SSSR count). The van der Waals surface area contributed by atoms with Gasteiger partial charge in [-0.25, -0.2) is 4.98 Å². The van der Waals surface area contributed by atoms with Crippen molar-refractivity contribution in [3.63, 3.8) is 0 Å². The topological polar surface area (TPSA) is 38.9 Å². The van der Waals surface area contributed by atoms with Gasteiger partial charge in [-0.05, 0) is 32.6 Å². The average Bonchev–Trinajstić information content (AvgIpc) is 2.56. The molecule has 16 heavy (non-hydrogen) atoms. The smallest absolute Gasteiger partial charge is 0.0946 e. The SMILES string of the molecule is Cc1csc(CC(N)C2=CCCCCC2)n1. The van der Waals surface area contributed by atoms with E-state index in [1.165, 1.54) is 42.7 Å². The minimum absolute atomic E-state index is 0.184. The molecule has 1 aliphatic carbocycles. The average molecular weight is 236 g/mol. The fraction of sp³-hybridized carbons (Fsp3) is 0.615. The number of nitrogens with zero attached hydrogens (tertiary/aromatic N) is 1. The molecule has 0 saturated heterocycles. The number of thiazole rings is 1. The molecular weight excluding hydrogens is 216 g/mol. The summed E-state index contributed by atoms with van der Waals surface area (Å²) in [6.07, 6.45) is 9.64. The molecule has 1 aromatic rings. The van der Waals surface area contributed by atoms with Crippen molar-refractivity contribution < 1.29 is 0 Å². The zero-order valence-corrected chi connectivity index (χ0v) is 10.7. The second-order valence-electron chi connectivity index (χ2n) is 4.57. The monoisotopic (exact) mass is 236 g/mol. The molecule has 2 N–H and O–H groups in total. The Balaban J connectivity index is 1.96. The van der Waals surface area contributed by atoms with E-state index in [1.54, 1.807) is 11.3 Å². The molecule has 1 heterocycles. The summed E-state index contributed by atoms with van der Waals surface area (Å²) >= 11 is 1.73. The lowest BCUT2D eigenvalue weighted by atomic mass is 10.0. The Morgan fingerprint density at radius 3 is 3.06 bits per heavy atom. The first kappa shape index (κ1) is 11.8. The van der Waals surface area contributed by atoms with E-state index in [2.05, 4.69) is 16.4 Å². The van der Waals surface area contributed by atoms with Crippen LogP contribution in [0.2, 0.25) is 0 Å². The van der Waals surface area contributed by atoms with Crippen LogP contribution in [-0.4, -0.2) is 11.0 Å². The Hall–Kier alpha value is -0.670. The molecule has 3 heteroatoms. The van der Waals surface area contributed by atoms with E-state index in [9.17, 15) is 0 Å². The Kier molecular flexibility index (Phi) is 4.13. The third-order valence-electron chi connectivity index (χ3n) is 3.11. The van der Waals surface area contributed by atoms with Gasteiger partial charge in [0.1, 0.15) is 0 Å². The van der Waals surface area contributed by atoms with Gasteiger partial charge in [0.15, 0.2) is 0 Å². The van der Waals surface area contributed by atoms with E-state index in [0.717, 1.165) is 12.1 Å². The van der Waals surface area contributed by atoms with Crippen molar-refractivity contribution in [3.05, 3.63) is 27.7 Å². The van der Waals surface area contributed by atoms with Gasteiger partial charge in [-0.15, -0.1) is 11.3 Å². The summed E-state index contributed by atoms with van der Waals surface area (Å²) in [4.78, 5) is 4.48. The molecule has 0 spiro atoms. The summed E-state index contributed by atoms with van der Waals surface area (Å²) in [5.41, 5.74) is 8.82. The molecule has 0 fully saturated rings. The zero-order valence-electron chi connectivity index (χ0n) is 9.91. The van der Waals surface area contributed by atoms with Crippen LogP contribution in [0.4, 0.5) is 0 Å². The second kappa shape index (κ2) is 5.60. The molecule has 88 valence electrons. The van der Waals surface area contributed by atoms with Gasteiger partial charge in [0.05, 0.1) is 5.01 Å². The van der Waals surface area contributed by atoms with Gasteiger partial charge >= 0.3 is 0 Å². The quantitative estimate of drug-likeness (QED) is 0.818. The lowest BCUT2D eigenvalue weighted by Gasteiger charge is -2.13. The van der Waals surface area contributed by atoms with E-state index in [0.29, 0.717) is 0 Å². The first-order valence-electron chi connectivity index (χ1n) is 6.11. The van der Waals surface area contributed by atoms with Gasteiger partial charge in [0.25, 0.3) is 0 Å². The number of hydrogen-bond acceptors (Lipinski definition) is 3. The minimum atomic E-state index is 0.184. The molecule has 0 aromatic carbocycles. The summed E-state index contributed by atoms with van der Waals surface area (Å²) in [6.45, 7) is 2.04. The summed E-state index contributed by atoms with van der Waals surface area (Å²) < 4.78 is 0. The zero-order chi connectivity index (χ0) is 11.4. The number of allylic oxidation sites excluding steroid dienone is 1. The third kappa shape index (κ3) is 3.16. The number of hydrogen-bond donors (Lipinski definition) is 1. The lowest BCUT2D eigenvalue weighted by Crippen LogP contribution is -2.25. The number of nitrogens with two attached hydrogens (primary N) is 1. The predicted octanol–water partition coefficient (Wildman–Crippen LogP) is 3.21. The summed E-state index contributed by atoms with van der Waals surface area (Å²) in [7, 11) is 0. The van der Waals surface area contributed by atoms with Crippen LogP contribution in [-0.2, 0) is 6.42 Å². The van der Waals surface area contributed by atoms with E-state index >= 15 is 0 Å². The maximum absolute atomic E-state index is 6.26. The first-order valence-corrected chi connectivity index (χ1v) is 6.99. The highest BCUT2D eigenvalue weighted by Crippen LogP contribution is 2.21. The Bertz CT molecular complexity index is 368. The van der Waals surface area contributed by atoms with Crippen molar-refractivity contribution in [2.75, 3.05) is 0 Å². The van der Waals surface area contributed by atoms with Crippen molar-refractivity contribution in [2.45, 2.75) is 51.5 Å². The van der Waals surface area contributed by atoms with Crippen LogP contribution in [0.25, 0.3) is 0 Å². The molecule has 1 aromatic heterocycles. The highest BCUT2D eigenvalue weighted by Gasteiger charge is 2.13. The Morgan fingerprint density at radius 2 is 2.31 bits per heavy atom. The summed E-state index contributed by atoms with van der Waals surface area (Å²) in [5, 5.41) is 3.28. The second-order valence-corrected chi connectivity index (χ2v) is 5.51. The van der Waals surface area contributed by atoms with Crippen LogP contribution >= 0.6 is 11.3 Å². The van der Waals surface area contributed by atoms with Crippen molar-refractivity contribution in [3.8, 4) is 0 Å². The minimum Gasteiger partial charge on any atom is -0.324 e. The number of aryl methyl sites for hydroxylation is 1. The molecule has 2 nitrogen and oxygen atoms in total. The van der Waals surface area contributed by atoms with Crippen LogP contribution in [0.5, 0.6) is 0 Å². The maximum atomic E-state index is 6.26. The lowest BCUT2D eigenvalue weighted by molar-refractivity contribution is 0.670. The molecule has 0 bridgehead atoms. The fourth-order valence-electron chi connectivity index (χ4n) is 2.19. The Labute approximate surface area is 102 Å². The predicted molar refractivity (Wildman–Crippen MR) is 69.7 cm³/mol. The molecular formula is C13H20N2S. The van der Waals surface area contributed by atoms with Crippen molar-refractivity contribution in [2.24, 2.45) is 5.73 Å².